The number of rotatable bonds is 0. The third kappa shape index (κ3) is 7.45. The molecule has 0 spiro atoms. The van der Waals surface area contributed by atoms with E-state index in [1.165, 1.54) is 0 Å². The van der Waals surface area contributed by atoms with Gasteiger partial charge in [-0.25, -0.2) is 0 Å². The van der Waals surface area contributed by atoms with Gasteiger partial charge in [-0.3, -0.25) is 0 Å². The van der Waals surface area contributed by atoms with Crippen molar-refractivity contribution in [1.29, 1.82) is 0 Å². The Hall–Kier alpha value is -0.479. The van der Waals surface area contributed by atoms with Crippen LogP contribution in [0.4, 0.5) is 11.4 Å². The number of hydrogen-bond acceptors (Lipinski definition) is 0. The van der Waals surface area contributed by atoms with Crippen molar-refractivity contribution >= 4 is 56.9 Å². The molecule has 3 heteroatoms. The normalized spacial score (nSPS) is 8.00. The monoisotopic (exact) mass is 272 g/mol. The van der Waals surface area contributed by atoms with E-state index in [2.05, 4.69) is 0 Å². The molecule has 0 unspecified atom stereocenters. The van der Waals surface area contributed by atoms with E-state index < -0.39 is 0 Å². The van der Waals surface area contributed by atoms with E-state index in [9.17, 15) is 0 Å². The topological polar surface area (TPSA) is 47.6 Å². The Balaban J connectivity index is 0.000000245. The molecule has 0 bridgehead atoms. The minimum absolute atomic E-state index is 0. The van der Waals surface area contributed by atoms with Crippen molar-refractivity contribution in [3.8, 4) is 0 Å². The van der Waals surface area contributed by atoms with E-state index in [1.807, 2.05) is 36.4 Å². The van der Waals surface area contributed by atoms with Crippen LogP contribution in [0.2, 0.25) is 0 Å². The number of nitrogens with one attached hydrogen (secondary N) is 2. The molecule has 15 heavy (non-hydrogen) atoms. The van der Waals surface area contributed by atoms with Gasteiger partial charge in [0.1, 0.15) is 0 Å². The molecule has 72 valence electrons. The average molecular weight is 272 g/mol. The van der Waals surface area contributed by atoms with Crippen LogP contribution in [0.1, 0.15) is 0 Å². The smallest absolute Gasteiger partial charge is 0.699 e. The second kappa shape index (κ2) is 8.80. The van der Waals surface area contributed by atoms with E-state index >= 15 is 0 Å². The molecule has 2 aromatic rings. The van der Waals surface area contributed by atoms with Crippen molar-refractivity contribution in [3.63, 3.8) is 0 Å². The fourth-order valence-electron chi connectivity index (χ4n) is 0.876. The molecule has 2 rings (SSSR count). The minimum atomic E-state index is 0. The predicted octanol–water partition coefficient (Wildman–Crippen LogP) is 4.36. The first-order chi connectivity index (χ1) is 6.79. The molecule has 0 saturated carbocycles. The zero-order chi connectivity index (χ0) is 10.2. The molecule has 0 atom stereocenters. The Bertz CT molecular complexity index is 311. The van der Waals surface area contributed by atoms with E-state index in [4.69, 9.17) is 11.5 Å². The first kappa shape index (κ1) is 14.5. The predicted molar refractivity (Wildman–Crippen MR) is 66.6 cm³/mol. The van der Waals surface area contributed by atoms with Crippen LogP contribution in [0.3, 0.4) is 0 Å². The molecule has 0 amide bonds. The van der Waals surface area contributed by atoms with E-state index in [0.717, 1.165) is 0 Å². The van der Waals surface area contributed by atoms with Gasteiger partial charge >= 0.3 is 45.5 Å². The Kier molecular flexibility index (Phi) is 8.52. The van der Waals surface area contributed by atoms with Crippen LogP contribution < -0.4 is 0 Å². The fourth-order valence-corrected chi connectivity index (χ4v) is 0.876. The number of benzene rings is 2. The van der Waals surface area contributed by atoms with Crippen LogP contribution in [0, 0.1) is 0 Å². The van der Waals surface area contributed by atoms with Gasteiger partial charge in [0.05, 0.1) is 0 Å². The van der Waals surface area contributed by atoms with Gasteiger partial charge in [-0.15, -0.1) is 11.4 Å². The van der Waals surface area contributed by atoms with Crippen LogP contribution in [0.5, 0.6) is 0 Å². The van der Waals surface area contributed by atoms with Crippen molar-refractivity contribution in [1.82, 2.24) is 0 Å². The first-order valence-electron chi connectivity index (χ1n) is 4.32. The van der Waals surface area contributed by atoms with E-state index in [-0.39, 0.29) is 45.5 Å². The summed E-state index contributed by atoms with van der Waals surface area (Å²) in [4.78, 5) is 0. The standard InChI is InChI=1S/2C6H6N.Sr/c2*7-6-4-2-1-3-5-6;/h2*1-5,7H;/q2*-1;+2. The van der Waals surface area contributed by atoms with Crippen molar-refractivity contribution in [2.24, 2.45) is 0 Å². The second-order valence-electron chi connectivity index (χ2n) is 2.73. The molecule has 0 heterocycles. The summed E-state index contributed by atoms with van der Waals surface area (Å²) in [6.45, 7) is 0. The van der Waals surface area contributed by atoms with Gasteiger partial charge in [0, 0.05) is 0 Å². The summed E-state index contributed by atoms with van der Waals surface area (Å²) in [5.74, 6) is 0. The first-order valence-corrected chi connectivity index (χ1v) is 4.32. The summed E-state index contributed by atoms with van der Waals surface area (Å²) >= 11 is 0. The summed E-state index contributed by atoms with van der Waals surface area (Å²) in [6.07, 6.45) is 0. The van der Waals surface area contributed by atoms with Crippen LogP contribution in [-0.4, -0.2) is 45.5 Å². The Morgan fingerprint density at radius 2 is 0.800 bits per heavy atom. The molecular formula is C12H12N2Sr. The van der Waals surface area contributed by atoms with Gasteiger partial charge in [-0.2, -0.15) is 0 Å². The van der Waals surface area contributed by atoms with Gasteiger partial charge < -0.3 is 11.5 Å². The molecule has 0 aliphatic carbocycles. The summed E-state index contributed by atoms with van der Waals surface area (Å²) in [7, 11) is 0. The summed E-state index contributed by atoms with van der Waals surface area (Å²) in [6, 6.07) is 18.2. The summed E-state index contributed by atoms with van der Waals surface area (Å²) in [5.41, 5.74) is 15.1. The van der Waals surface area contributed by atoms with Crippen LogP contribution in [-0.2, 0) is 0 Å². The zero-order valence-electron chi connectivity index (χ0n) is 8.48. The van der Waals surface area contributed by atoms with Gasteiger partial charge in [-0.05, 0) is 0 Å². The average Bonchev–Trinajstić information content (AvgIpc) is 2.21. The molecule has 0 saturated heterocycles. The van der Waals surface area contributed by atoms with Crippen molar-refractivity contribution in [2.45, 2.75) is 0 Å². The molecule has 2 aromatic carbocycles. The summed E-state index contributed by atoms with van der Waals surface area (Å²) in [5, 5.41) is 0. The van der Waals surface area contributed by atoms with Crippen molar-refractivity contribution in [2.75, 3.05) is 0 Å². The Labute approximate surface area is 128 Å². The number of hydrogen-bond donors (Lipinski definition) is 0. The molecule has 0 aliphatic rings. The van der Waals surface area contributed by atoms with E-state index in [0.29, 0.717) is 11.4 Å². The van der Waals surface area contributed by atoms with Crippen LogP contribution >= 0.6 is 0 Å². The molecule has 0 aromatic heterocycles. The van der Waals surface area contributed by atoms with Gasteiger partial charge in [-0.1, -0.05) is 60.7 Å². The van der Waals surface area contributed by atoms with Gasteiger partial charge in [0.15, 0.2) is 0 Å². The SMILES string of the molecule is [NH-]c1ccccc1.[NH-]c1ccccc1.[Sr+2]. The van der Waals surface area contributed by atoms with E-state index in [1.54, 1.807) is 24.3 Å². The molecule has 0 radical (unpaired) electrons. The van der Waals surface area contributed by atoms with Crippen LogP contribution in [0.15, 0.2) is 60.7 Å². The van der Waals surface area contributed by atoms with Crippen LogP contribution in [0.25, 0.3) is 11.5 Å². The summed E-state index contributed by atoms with van der Waals surface area (Å²) < 4.78 is 0. The minimum Gasteiger partial charge on any atom is -0.699 e. The van der Waals surface area contributed by atoms with Gasteiger partial charge in [0.2, 0.25) is 0 Å². The molecular weight excluding hydrogens is 260 g/mol. The fraction of sp³-hybridized carbons (Fsp3) is 0. The second-order valence-corrected chi connectivity index (χ2v) is 2.73. The molecule has 0 aliphatic heterocycles. The molecule has 0 fully saturated rings. The third-order valence-corrected chi connectivity index (χ3v) is 1.55. The zero-order valence-corrected chi connectivity index (χ0v) is 12.0. The van der Waals surface area contributed by atoms with Gasteiger partial charge in [0.25, 0.3) is 0 Å². The molecule has 2 nitrogen and oxygen atoms in total. The quantitative estimate of drug-likeness (QED) is 0.639. The van der Waals surface area contributed by atoms with Crippen molar-refractivity contribution in [3.05, 3.63) is 72.1 Å². The van der Waals surface area contributed by atoms with Crippen molar-refractivity contribution < 1.29 is 0 Å². The molecule has 2 N–H and O–H groups in total. The third-order valence-electron chi connectivity index (χ3n) is 1.55. The Morgan fingerprint density at radius 1 is 0.533 bits per heavy atom. The maximum absolute atomic E-state index is 7.00. The maximum Gasteiger partial charge on any atom is 2.00 e. The largest absolute Gasteiger partial charge is 2.00 e. The Morgan fingerprint density at radius 3 is 0.933 bits per heavy atom. The maximum atomic E-state index is 7.00.